The van der Waals surface area contributed by atoms with E-state index in [0.717, 1.165) is 0 Å². The molecule has 122 valence electrons. The molecule has 0 aliphatic rings. The predicted molar refractivity (Wildman–Crippen MR) is 86.2 cm³/mol. The topological polar surface area (TPSA) is 117 Å². The number of carbonyl (C=O) groups excluding carboxylic acids is 2. The summed E-state index contributed by atoms with van der Waals surface area (Å²) >= 11 is 3.23. The van der Waals surface area contributed by atoms with Crippen LogP contribution in [0.25, 0.3) is 0 Å². The zero-order valence-corrected chi connectivity index (χ0v) is 13.5. The molecule has 0 heterocycles. The summed E-state index contributed by atoms with van der Waals surface area (Å²) in [5.74, 6) is -2.44. The number of amides is 2. The third-order valence-corrected chi connectivity index (χ3v) is 2.92. The maximum absolute atomic E-state index is 11.4. The molecule has 1 aromatic carbocycles. The van der Waals surface area contributed by atoms with Crippen molar-refractivity contribution >= 4 is 39.9 Å². The van der Waals surface area contributed by atoms with E-state index < -0.39 is 24.4 Å². The normalized spacial score (nSPS) is 10.1. The minimum Gasteiger partial charge on any atom is -0.481 e. The third-order valence-electron chi connectivity index (χ3n) is 2.30. The number of hydrogen-bond acceptors (Lipinski definition) is 5. The van der Waals surface area contributed by atoms with Gasteiger partial charge in [0.1, 0.15) is 5.75 Å². The van der Waals surface area contributed by atoms with E-state index in [9.17, 15) is 14.4 Å². The molecule has 2 amide bonds. The highest BCUT2D eigenvalue weighted by Crippen LogP contribution is 2.25. The Morgan fingerprint density at radius 1 is 1.35 bits per heavy atom. The molecule has 0 saturated carbocycles. The third kappa shape index (κ3) is 6.74. The summed E-state index contributed by atoms with van der Waals surface area (Å²) in [6.07, 6.45) is 2.77. The molecule has 9 heteroatoms. The molecule has 0 aromatic heterocycles. The summed E-state index contributed by atoms with van der Waals surface area (Å²) in [6, 6.07) is 4.77. The quantitative estimate of drug-likeness (QED) is 0.276. The van der Waals surface area contributed by atoms with Crippen molar-refractivity contribution in [1.82, 2.24) is 10.7 Å². The monoisotopic (exact) mass is 383 g/mol. The van der Waals surface area contributed by atoms with Gasteiger partial charge in [0.05, 0.1) is 10.7 Å². The molecular weight excluding hydrogens is 370 g/mol. The number of aliphatic carboxylic acids is 1. The van der Waals surface area contributed by atoms with E-state index in [0.29, 0.717) is 15.8 Å². The van der Waals surface area contributed by atoms with Gasteiger partial charge in [-0.05, 0) is 39.7 Å². The van der Waals surface area contributed by atoms with Crippen LogP contribution in [0.5, 0.6) is 5.75 Å². The fraction of sp³-hybridized carbons (Fsp3) is 0.143. The Morgan fingerprint density at radius 3 is 2.70 bits per heavy atom. The summed E-state index contributed by atoms with van der Waals surface area (Å²) < 4.78 is 5.57. The molecule has 3 N–H and O–H groups in total. The summed E-state index contributed by atoms with van der Waals surface area (Å²) in [6.45, 7) is 3.13. The second-order valence-corrected chi connectivity index (χ2v) is 4.92. The first-order valence-electron chi connectivity index (χ1n) is 6.30. The highest BCUT2D eigenvalue weighted by atomic mass is 79.9. The molecule has 0 atom stereocenters. The van der Waals surface area contributed by atoms with Gasteiger partial charge < -0.3 is 15.2 Å². The lowest BCUT2D eigenvalue weighted by Gasteiger charge is -2.06. The first-order chi connectivity index (χ1) is 10.9. The van der Waals surface area contributed by atoms with Crippen LogP contribution in [-0.4, -0.2) is 42.3 Å². The second-order valence-electron chi connectivity index (χ2n) is 4.07. The number of carbonyl (C=O) groups is 3. The predicted octanol–water partition coefficient (Wildman–Crippen LogP) is 0.665. The fourth-order valence-electron chi connectivity index (χ4n) is 1.32. The summed E-state index contributed by atoms with van der Waals surface area (Å²) in [4.78, 5) is 33.0. The van der Waals surface area contributed by atoms with Crippen molar-refractivity contribution in [1.29, 1.82) is 0 Å². The number of halogens is 1. The molecule has 0 aliphatic heterocycles. The number of benzene rings is 1. The first-order valence-corrected chi connectivity index (χ1v) is 7.09. The molecular formula is C14H14BrN3O5. The molecule has 1 rings (SSSR count). The lowest BCUT2D eigenvalue weighted by molar-refractivity contribution is -0.139. The zero-order chi connectivity index (χ0) is 17.2. The van der Waals surface area contributed by atoms with Crippen LogP contribution in [0.2, 0.25) is 0 Å². The minimum atomic E-state index is -1.08. The van der Waals surface area contributed by atoms with Gasteiger partial charge in [0.25, 0.3) is 0 Å². The number of nitrogens with one attached hydrogen (secondary N) is 2. The molecule has 23 heavy (non-hydrogen) atoms. The summed E-state index contributed by atoms with van der Waals surface area (Å²) in [5, 5.41) is 14.5. The van der Waals surface area contributed by atoms with Crippen molar-refractivity contribution < 1.29 is 24.2 Å². The number of hydrogen-bond donors (Lipinski definition) is 3. The van der Waals surface area contributed by atoms with Gasteiger partial charge in [0.15, 0.2) is 6.61 Å². The zero-order valence-electron chi connectivity index (χ0n) is 11.9. The van der Waals surface area contributed by atoms with Crippen LogP contribution in [0.4, 0.5) is 0 Å². The van der Waals surface area contributed by atoms with Crippen molar-refractivity contribution in [2.45, 2.75) is 0 Å². The van der Waals surface area contributed by atoms with Crippen LogP contribution in [0.3, 0.4) is 0 Å². The molecule has 0 spiro atoms. The molecule has 8 nitrogen and oxygen atoms in total. The van der Waals surface area contributed by atoms with Crippen molar-refractivity contribution in [3.05, 3.63) is 40.9 Å². The van der Waals surface area contributed by atoms with E-state index in [1.807, 2.05) is 0 Å². The van der Waals surface area contributed by atoms with Crippen LogP contribution in [0.1, 0.15) is 5.56 Å². The Kier molecular flexibility index (Phi) is 7.48. The van der Waals surface area contributed by atoms with E-state index in [1.54, 1.807) is 18.2 Å². The van der Waals surface area contributed by atoms with E-state index in [4.69, 9.17) is 9.84 Å². The Labute approximate surface area is 140 Å². The number of ether oxygens (including phenoxy) is 1. The van der Waals surface area contributed by atoms with Crippen molar-refractivity contribution in [2.75, 3.05) is 13.2 Å². The fourth-order valence-corrected chi connectivity index (χ4v) is 1.83. The average Bonchev–Trinajstić information content (AvgIpc) is 2.51. The molecule has 0 saturated heterocycles. The van der Waals surface area contributed by atoms with Crippen LogP contribution in [0.15, 0.2) is 40.4 Å². The van der Waals surface area contributed by atoms with Gasteiger partial charge in [-0.1, -0.05) is 6.08 Å². The van der Waals surface area contributed by atoms with E-state index in [-0.39, 0.29) is 6.54 Å². The lowest BCUT2D eigenvalue weighted by Crippen LogP contribution is -2.37. The van der Waals surface area contributed by atoms with Crippen molar-refractivity contribution in [3.8, 4) is 5.75 Å². The number of carboxylic acids is 1. The smallest absolute Gasteiger partial charge is 0.341 e. The van der Waals surface area contributed by atoms with Crippen molar-refractivity contribution in [3.63, 3.8) is 0 Å². The molecule has 0 aliphatic carbocycles. The molecule has 1 aromatic rings. The van der Waals surface area contributed by atoms with E-state index in [1.165, 1.54) is 12.3 Å². The summed E-state index contributed by atoms with van der Waals surface area (Å²) in [7, 11) is 0. The standard InChI is InChI=1S/C14H14BrN3O5/c1-2-5-16-13(21)14(22)18-17-7-9-3-4-11(10(15)6-9)23-8-12(19)20/h2-4,6-7H,1,5,8H2,(H,16,21)(H,18,22)(H,19,20)/b17-7-. The maximum atomic E-state index is 11.4. The van der Waals surface area contributed by atoms with Crippen LogP contribution >= 0.6 is 15.9 Å². The Bertz CT molecular complexity index is 645. The van der Waals surface area contributed by atoms with Crippen LogP contribution in [-0.2, 0) is 14.4 Å². The van der Waals surface area contributed by atoms with E-state index in [2.05, 4.69) is 38.4 Å². The van der Waals surface area contributed by atoms with Crippen molar-refractivity contribution in [2.24, 2.45) is 5.10 Å². The van der Waals surface area contributed by atoms with Gasteiger partial charge in [0.2, 0.25) is 0 Å². The van der Waals surface area contributed by atoms with Gasteiger partial charge in [-0.25, -0.2) is 10.2 Å². The van der Waals surface area contributed by atoms with Crippen LogP contribution in [0, 0.1) is 0 Å². The SMILES string of the molecule is C=CCNC(=O)C(=O)N/N=C\c1ccc(OCC(=O)O)c(Br)c1. The van der Waals surface area contributed by atoms with Gasteiger partial charge in [-0.2, -0.15) is 5.10 Å². The molecule has 0 radical (unpaired) electrons. The van der Waals surface area contributed by atoms with Gasteiger partial charge >= 0.3 is 17.8 Å². The average molecular weight is 384 g/mol. The highest BCUT2D eigenvalue weighted by Gasteiger charge is 2.10. The minimum absolute atomic E-state index is 0.181. The lowest BCUT2D eigenvalue weighted by atomic mass is 10.2. The van der Waals surface area contributed by atoms with Crippen LogP contribution < -0.4 is 15.5 Å². The highest BCUT2D eigenvalue weighted by molar-refractivity contribution is 9.10. The number of nitrogens with zero attached hydrogens (tertiary/aromatic N) is 1. The Balaban J connectivity index is 2.58. The molecule has 0 bridgehead atoms. The Hall–Kier alpha value is -2.68. The first kappa shape index (κ1) is 18.4. The van der Waals surface area contributed by atoms with Gasteiger partial charge in [-0.15, -0.1) is 6.58 Å². The number of carboxylic acid groups (broad SMARTS) is 1. The van der Waals surface area contributed by atoms with Gasteiger partial charge in [-0.3, -0.25) is 9.59 Å². The number of rotatable bonds is 7. The number of hydrazone groups is 1. The summed E-state index contributed by atoms with van der Waals surface area (Å²) in [5.41, 5.74) is 2.68. The molecule has 0 unspecified atom stereocenters. The Morgan fingerprint density at radius 2 is 2.09 bits per heavy atom. The largest absolute Gasteiger partial charge is 0.481 e. The van der Waals surface area contributed by atoms with Gasteiger partial charge in [0, 0.05) is 6.54 Å². The molecule has 0 fully saturated rings. The van der Waals surface area contributed by atoms with E-state index >= 15 is 0 Å². The maximum Gasteiger partial charge on any atom is 0.341 e. The second kappa shape index (κ2) is 9.36.